The number of nitrogens with one attached hydrogen (secondary N) is 1. The van der Waals surface area contributed by atoms with Crippen LogP contribution in [0.1, 0.15) is 25.5 Å². The summed E-state index contributed by atoms with van der Waals surface area (Å²) in [6, 6.07) is 6.32. The molecular weight excluding hydrogens is 310 g/mol. The molecule has 1 amide bonds. The van der Waals surface area contributed by atoms with E-state index in [0.29, 0.717) is 5.56 Å². The van der Waals surface area contributed by atoms with Crippen molar-refractivity contribution in [2.75, 3.05) is 7.11 Å². The number of amides is 1. The largest absolute Gasteiger partial charge is 0.467 e. The second kappa shape index (κ2) is 7.09. The molecule has 0 unspecified atom stereocenters. The molecule has 5 heteroatoms. The zero-order valence-corrected chi connectivity index (χ0v) is 12.7. The predicted octanol–water partition coefficient (Wildman–Crippen LogP) is 2.75. The van der Waals surface area contributed by atoms with Crippen LogP contribution < -0.4 is 5.32 Å². The van der Waals surface area contributed by atoms with Crippen LogP contribution in [0.3, 0.4) is 0 Å². The lowest BCUT2D eigenvalue weighted by Gasteiger charge is -2.16. The summed E-state index contributed by atoms with van der Waals surface area (Å²) in [5.74, 6) is -0.823. The zero-order chi connectivity index (χ0) is 14.4. The first-order valence-electron chi connectivity index (χ1n) is 5.72. The lowest BCUT2D eigenvalue weighted by molar-refractivity contribution is -0.144. The Kier molecular flexibility index (Phi) is 5.76. The number of hydrogen-bond acceptors (Lipinski definition) is 3. The van der Waals surface area contributed by atoms with Crippen LogP contribution in [0, 0.1) is 0 Å². The molecular formula is C14H16BrNO3. The van der Waals surface area contributed by atoms with Crippen LogP contribution in [0.25, 0.3) is 0 Å². The van der Waals surface area contributed by atoms with Crippen molar-refractivity contribution in [3.05, 3.63) is 46.0 Å². The van der Waals surface area contributed by atoms with Gasteiger partial charge in [0, 0.05) is 10.5 Å². The Bertz CT molecular complexity index is 490. The monoisotopic (exact) mass is 325 g/mol. The first-order valence-corrected chi connectivity index (χ1v) is 6.52. The predicted molar refractivity (Wildman–Crippen MR) is 76.5 cm³/mol. The van der Waals surface area contributed by atoms with Crippen LogP contribution >= 0.6 is 15.9 Å². The van der Waals surface area contributed by atoms with E-state index in [-0.39, 0.29) is 5.91 Å². The van der Waals surface area contributed by atoms with Gasteiger partial charge in [-0.05, 0) is 31.5 Å². The average molecular weight is 326 g/mol. The Hall–Kier alpha value is -1.62. The summed E-state index contributed by atoms with van der Waals surface area (Å²) >= 11 is 3.32. The number of halogens is 1. The van der Waals surface area contributed by atoms with E-state index in [0.717, 1.165) is 10.0 Å². The quantitative estimate of drug-likeness (QED) is 0.684. The number of ether oxygens (including phenoxy) is 1. The van der Waals surface area contributed by atoms with Crippen LogP contribution in [-0.2, 0) is 14.3 Å². The Morgan fingerprint density at radius 1 is 1.26 bits per heavy atom. The van der Waals surface area contributed by atoms with E-state index in [2.05, 4.69) is 21.2 Å². The molecule has 4 nitrogen and oxygen atoms in total. The second-order valence-electron chi connectivity index (χ2n) is 4.24. The van der Waals surface area contributed by atoms with Gasteiger partial charge in [0.05, 0.1) is 7.11 Å². The van der Waals surface area contributed by atoms with Crippen LogP contribution in [0.2, 0.25) is 0 Å². The molecule has 0 aliphatic carbocycles. The SMILES string of the molecule is COC(=O)[C@@H](NC(=O)C=C(C)C)c1ccc(Br)cc1. The minimum Gasteiger partial charge on any atom is -0.467 e. The molecule has 0 spiro atoms. The molecule has 0 bridgehead atoms. The molecule has 0 aliphatic rings. The Morgan fingerprint density at radius 3 is 2.32 bits per heavy atom. The number of carbonyl (C=O) groups excluding carboxylic acids is 2. The van der Waals surface area contributed by atoms with E-state index in [4.69, 9.17) is 4.74 Å². The van der Waals surface area contributed by atoms with E-state index in [1.807, 2.05) is 13.8 Å². The van der Waals surface area contributed by atoms with Crippen molar-refractivity contribution in [3.8, 4) is 0 Å². The maximum absolute atomic E-state index is 11.7. The lowest BCUT2D eigenvalue weighted by Crippen LogP contribution is -2.33. The van der Waals surface area contributed by atoms with E-state index in [1.54, 1.807) is 24.3 Å². The van der Waals surface area contributed by atoms with Crippen molar-refractivity contribution in [3.63, 3.8) is 0 Å². The maximum Gasteiger partial charge on any atom is 0.333 e. The number of rotatable bonds is 4. The molecule has 1 atom stereocenters. The first kappa shape index (κ1) is 15.4. The van der Waals surface area contributed by atoms with Crippen LogP contribution in [0.4, 0.5) is 0 Å². The molecule has 0 saturated carbocycles. The molecule has 1 rings (SSSR count). The molecule has 0 aromatic heterocycles. The highest BCUT2D eigenvalue weighted by Gasteiger charge is 2.22. The topological polar surface area (TPSA) is 55.4 Å². The first-order chi connectivity index (χ1) is 8.93. The average Bonchev–Trinajstić information content (AvgIpc) is 2.35. The van der Waals surface area contributed by atoms with Gasteiger partial charge >= 0.3 is 5.97 Å². The summed E-state index contributed by atoms with van der Waals surface area (Å²) in [6.45, 7) is 3.62. The van der Waals surface area contributed by atoms with Gasteiger partial charge in [0.1, 0.15) is 0 Å². The number of esters is 1. The van der Waals surface area contributed by atoms with E-state index < -0.39 is 12.0 Å². The summed E-state index contributed by atoms with van der Waals surface area (Å²) in [4.78, 5) is 23.5. The van der Waals surface area contributed by atoms with Gasteiger partial charge in [-0.2, -0.15) is 0 Å². The Morgan fingerprint density at radius 2 is 1.84 bits per heavy atom. The second-order valence-corrected chi connectivity index (χ2v) is 5.15. The fraction of sp³-hybridized carbons (Fsp3) is 0.286. The van der Waals surface area contributed by atoms with Crippen molar-refractivity contribution >= 4 is 27.8 Å². The summed E-state index contributed by atoms with van der Waals surface area (Å²) in [7, 11) is 1.29. The van der Waals surface area contributed by atoms with Crippen LogP contribution in [-0.4, -0.2) is 19.0 Å². The molecule has 0 fully saturated rings. The molecule has 0 radical (unpaired) electrons. The van der Waals surface area contributed by atoms with Gasteiger partial charge in [-0.1, -0.05) is 33.6 Å². The lowest BCUT2D eigenvalue weighted by atomic mass is 10.1. The molecule has 0 heterocycles. The van der Waals surface area contributed by atoms with Crippen molar-refractivity contribution in [2.24, 2.45) is 0 Å². The third kappa shape index (κ3) is 4.87. The van der Waals surface area contributed by atoms with Gasteiger partial charge in [-0.15, -0.1) is 0 Å². The minimum atomic E-state index is -0.804. The third-order valence-corrected chi connectivity index (χ3v) is 2.88. The highest BCUT2D eigenvalue weighted by Crippen LogP contribution is 2.18. The molecule has 19 heavy (non-hydrogen) atoms. The Balaban J connectivity index is 2.96. The van der Waals surface area contributed by atoms with Crippen LogP contribution in [0.15, 0.2) is 40.4 Å². The van der Waals surface area contributed by atoms with E-state index in [1.165, 1.54) is 13.2 Å². The van der Waals surface area contributed by atoms with E-state index >= 15 is 0 Å². The molecule has 0 saturated heterocycles. The summed E-state index contributed by atoms with van der Waals surface area (Å²) in [6.07, 6.45) is 1.44. The number of allylic oxidation sites excluding steroid dienone is 1. The van der Waals surface area contributed by atoms with Gasteiger partial charge in [-0.3, -0.25) is 4.79 Å². The van der Waals surface area contributed by atoms with Crippen molar-refractivity contribution < 1.29 is 14.3 Å². The fourth-order valence-electron chi connectivity index (χ4n) is 1.50. The smallest absolute Gasteiger partial charge is 0.333 e. The third-order valence-electron chi connectivity index (χ3n) is 2.35. The molecule has 0 aliphatic heterocycles. The number of benzene rings is 1. The summed E-state index contributed by atoms with van der Waals surface area (Å²) in [5.41, 5.74) is 1.53. The van der Waals surface area contributed by atoms with Gasteiger partial charge in [0.2, 0.25) is 5.91 Å². The van der Waals surface area contributed by atoms with E-state index in [9.17, 15) is 9.59 Å². The standard InChI is InChI=1S/C14H16BrNO3/c1-9(2)8-12(17)16-13(14(18)19-3)10-4-6-11(15)7-5-10/h4-8,13H,1-3H3,(H,16,17)/t13-/m0/s1. The highest BCUT2D eigenvalue weighted by molar-refractivity contribution is 9.10. The van der Waals surface area contributed by atoms with Gasteiger partial charge in [-0.25, -0.2) is 4.79 Å². The maximum atomic E-state index is 11.7. The van der Waals surface area contributed by atoms with Crippen LogP contribution in [0.5, 0.6) is 0 Å². The van der Waals surface area contributed by atoms with Gasteiger partial charge < -0.3 is 10.1 Å². The molecule has 102 valence electrons. The Labute approximate surface area is 121 Å². The molecule has 1 N–H and O–H groups in total. The molecule has 1 aromatic carbocycles. The van der Waals surface area contributed by atoms with Crippen molar-refractivity contribution in [1.29, 1.82) is 0 Å². The highest BCUT2D eigenvalue weighted by atomic mass is 79.9. The zero-order valence-electron chi connectivity index (χ0n) is 11.1. The summed E-state index contributed by atoms with van der Waals surface area (Å²) < 4.78 is 5.62. The molecule has 1 aromatic rings. The number of methoxy groups -OCH3 is 1. The minimum absolute atomic E-state index is 0.321. The van der Waals surface area contributed by atoms with Crippen molar-refractivity contribution in [2.45, 2.75) is 19.9 Å². The van der Waals surface area contributed by atoms with Gasteiger partial charge in [0.15, 0.2) is 6.04 Å². The summed E-state index contributed by atoms with van der Waals surface area (Å²) in [5, 5.41) is 2.63. The van der Waals surface area contributed by atoms with Crippen molar-refractivity contribution in [1.82, 2.24) is 5.32 Å². The normalized spacial score (nSPS) is 11.4. The van der Waals surface area contributed by atoms with Gasteiger partial charge in [0.25, 0.3) is 0 Å². The number of carbonyl (C=O) groups is 2. The fourth-order valence-corrected chi connectivity index (χ4v) is 1.76. The number of hydrogen-bond donors (Lipinski definition) is 1.